The summed E-state index contributed by atoms with van der Waals surface area (Å²) < 4.78 is 0. The van der Waals surface area contributed by atoms with Crippen molar-refractivity contribution in [3.8, 4) is 0 Å². The zero-order valence-electron chi connectivity index (χ0n) is 13.0. The molecule has 1 aromatic carbocycles. The Labute approximate surface area is 134 Å². The third-order valence-corrected chi connectivity index (χ3v) is 4.00. The number of rotatable bonds is 3. The van der Waals surface area contributed by atoms with Crippen LogP contribution in [0.4, 0.5) is 5.82 Å². The molecule has 2 amide bonds. The number of nitrogens with one attached hydrogen (secondary N) is 3. The summed E-state index contributed by atoms with van der Waals surface area (Å²) in [5, 5.41) is 12.1. The standard InChI is InChI=1S/C17H18N4O2/c1-10(8-11-6-4-3-5-7-11)12-9-13(22)19-16-14(12)15(20-21-16)17(23)18-2/h3-8,12H,9H2,1-2H3,(H,18,23)(H2,19,20,21,22)/b10-8+/t12-/m0/s1. The Kier molecular flexibility index (Phi) is 3.97. The van der Waals surface area contributed by atoms with E-state index >= 15 is 0 Å². The van der Waals surface area contributed by atoms with Crippen LogP contribution in [0.5, 0.6) is 0 Å². The van der Waals surface area contributed by atoms with Gasteiger partial charge in [-0.25, -0.2) is 0 Å². The average Bonchev–Trinajstić information content (AvgIpc) is 2.97. The van der Waals surface area contributed by atoms with Crippen LogP contribution in [-0.4, -0.2) is 29.1 Å². The highest BCUT2D eigenvalue weighted by Crippen LogP contribution is 2.38. The lowest BCUT2D eigenvalue weighted by Crippen LogP contribution is -2.26. The van der Waals surface area contributed by atoms with Crippen molar-refractivity contribution in [2.45, 2.75) is 19.3 Å². The van der Waals surface area contributed by atoms with Crippen molar-refractivity contribution in [1.29, 1.82) is 0 Å². The molecule has 2 heterocycles. The number of aromatic nitrogens is 2. The molecule has 0 radical (unpaired) electrons. The number of allylic oxidation sites excluding steroid dienone is 1. The molecule has 2 aromatic rings. The van der Waals surface area contributed by atoms with E-state index in [4.69, 9.17) is 0 Å². The molecule has 3 N–H and O–H groups in total. The summed E-state index contributed by atoms with van der Waals surface area (Å²) in [4.78, 5) is 24.0. The third kappa shape index (κ3) is 2.88. The molecule has 0 aliphatic carbocycles. The highest BCUT2D eigenvalue weighted by atomic mass is 16.2. The first-order valence-electron chi connectivity index (χ1n) is 7.43. The number of anilines is 1. The van der Waals surface area contributed by atoms with Crippen LogP contribution < -0.4 is 10.6 Å². The zero-order valence-corrected chi connectivity index (χ0v) is 13.0. The van der Waals surface area contributed by atoms with Crippen molar-refractivity contribution in [1.82, 2.24) is 15.5 Å². The SMILES string of the molecule is CNC(=O)c1[nH]nc2c1[C@H](/C(C)=C/c1ccccc1)CC(=O)N2. The monoisotopic (exact) mass is 310 g/mol. The van der Waals surface area contributed by atoms with E-state index in [1.165, 1.54) is 0 Å². The lowest BCUT2D eigenvalue weighted by molar-refractivity contribution is -0.116. The van der Waals surface area contributed by atoms with Crippen LogP contribution in [0.2, 0.25) is 0 Å². The number of benzene rings is 1. The second kappa shape index (κ2) is 6.08. The predicted octanol–water partition coefficient (Wildman–Crippen LogP) is 2.30. The minimum absolute atomic E-state index is 0.0988. The normalized spacial score (nSPS) is 17.4. The van der Waals surface area contributed by atoms with E-state index < -0.39 is 0 Å². The fourth-order valence-electron chi connectivity index (χ4n) is 2.86. The molecule has 3 rings (SSSR count). The van der Waals surface area contributed by atoms with Gasteiger partial charge in [-0.05, 0) is 12.5 Å². The molecule has 1 aliphatic rings. The summed E-state index contributed by atoms with van der Waals surface area (Å²) in [7, 11) is 1.57. The van der Waals surface area contributed by atoms with Gasteiger partial charge in [-0.15, -0.1) is 0 Å². The maximum Gasteiger partial charge on any atom is 0.269 e. The maximum atomic E-state index is 12.0. The van der Waals surface area contributed by atoms with Crippen LogP contribution in [-0.2, 0) is 4.79 Å². The molecule has 1 aromatic heterocycles. The van der Waals surface area contributed by atoms with Crippen molar-refractivity contribution in [3.63, 3.8) is 0 Å². The second-order valence-corrected chi connectivity index (χ2v) is 5.54. The van der Waals surface area contributed by atoms with Crippen molar-refractivity contribution in [3.05, 3.63) is 52.7 Å². The minimum atomic E-state index is -0.243. The summed E-state index contributed by atoms with van der Waals surface area (Å²) in [6.07, 6.45) is 2.33. The van der Waals surface area contributed by atoms with E-state index in [2.05, 4.69) is 20.8 Å². The Morgan fingerprint density at radius 2 is 2.09 bits per heavy atom. The first-order valence-corrected chi connectivity index (χ1v) is 7.43. The summed E-state index contributed by atoms with van der Waals surface area (Å²) >= 11 is 0. The highest BCUT2D eigenvalue weighted by Gasteiger charge is 2.33. The Balaban J connectivity index is 2.04. The van der Waals surface area contributed by atoms with Crippen LogP contribution in [0.1, 0.15) is 40.9 Å². The summed E-state index contributed by atoms with van der Waals surface area (Å²) in [6, 6.07) is 9.89. The Bertz CT molecular complexity index is 777. The molecule has 0 spiro atoms. The highest BCUT2D eigenvalue weighted by molar-refractivity contribution is 6.00. The number of H-pyrrole nitrogens is 1. The molecule has 1 atom stereocenters. The molecule has 6 nitrogen and oxygen atoms in total. The number of hydrogen-bond donors (Lipinski definition) is 3. The number of nitrogens with zero attached hydrogens (tertiary/aromatic N) is 1. The maximum absolute atomic E-state index is 12.0. The molecule has 0 unspecified atom stereocenters. The summed E-state index contributed by atoms with van der Waals surface area (Å²) in [6.45, 7) is 1.97. The number of aromatic amines is 1. The van der Waals surface area contributed by atoms with Crippen LogP contribution in [0.25, 0.3) is 6.08 Å². The quantitative estimate of drug-likeness (QED) is 0.813. The van der Waals surface area contributed by atoms with Gasteiger partial charge in [0.1, 0.15) is 5.69 Å². The molecule has 118 valence electrons. The van der Waals surface area contributed by atoms with E-state index in [0.717, 1.165) is 16.7 Å². The first kappa shape index (κ1) is 15.0. The fraction of sp³-hybridized carbons (Fsp3) is 0.235. The number of amides is 2. The summed E-state index contributed by atoms with van der Waals surface area (Å²) in [5.41, 5.74) is 3.21. The predicted molar refractivity (Wildman–Crippen MR) is 88.1 cm³/mol. The van der Waals surface area contributed by atoms with Crippen molar-refractivity contribution in [2.75, 3.05) is 12.4 Å². The fourth-order valence-corrected chi connectivity index (χ4v) is 2.86. The number of carbonyl (C=O) groups is 2. The smallest absolute Gasteiger partial charge is 0.269 e. The number of fused-ring (bicyclic) bond motifs is 1. The van der Waals surface area contributed by atoms with Crippen molar-refractivity contribution >= 4 is 23.7 Å². The van der Waals surface area contributed by atoms with E-state index in [0.29, 0.717) is 17.9 Å². The average molecular weight is 310 g/mol. The van der Waals surface area contributed by atoms with Crippen LogP contribution in [0.15, 0.2) is 35.9 Å². The zero-order chi connectivity index (χ0) is 16.4. The molecule has 0 saturated heterocycles. The molecule has 1 aliphatic heterocycles. The number of hydrogen-bond acceptors (Lipinski definition) is 3. The molecule has 0 bridgehead atoms. The van der Waals surface area contributed by atoms with Gasteiger partial charge >= 0.3 is 0 Å². The first-order chi connectivity index (χ1) is 11.1. The van der Waals surface area contributed by atoms with E-state index in [9.17, 15) is 9.59 Å². The molecule has 23 heavy (non-hydrogen) atoms. The molecular weight excluding hydrogens is 292 g/mol. The summed E-state index contributed by atoms with van der Waals surface area (Å²) in [5.74, 6) is -0.0821. The van der Waals surface area contributed by atoms with E-state index in [1.807, 2.05) is 43.3 Å². The van der Waals surface area contributed by atoms with Crippen LogP contribution in [0.3, 0.4) is 0 Å². The van der Waals surface area contributed by atoms with Gasteiger partial charge < -0.3 is 10.6 Å². The lowest BCUT2D eigenvalue weighted by atomic mass is 9.85. The Hall–Kier alpha value is -2.89. The molecular formula is C17H18N4O2. The van der Waals surface area contributed by atoms with Gasteiger partial charge in [0.25, 0.3) is 5.91 Å². The molecule has 0 fully saturated rings. The van der Waals surface area contributed by atoms with E-state index in [-0.39, 0.29) is 17.7 Å². The largest absolute Gasteiger partial charge is 0.354 e. The Morgan fingerprint density at radius 1 is 1.35 bits per heavy atom. The van der Waals surface area contributed by atoms with Gasteiger partial charge in [-0.2, -0.15) is 5.10 Å². The minimum Gasteiger partial charge on any atom is -0.354 e. The third-order valence-electron chi connectivity index (χ3n) is 4.00. The molecule has 0 saturated carbocycles. The van der Waals surface area contributed by atoms with Crippen molar-refractivity contribution < 1.29 is 9.59 Å². The van der Waals surface area contributed by atoms with Crippen LogP contribution >= 0.6 is 0 Å². The number of carbonyl (C=O) groups excluding carboxylic acids is 2. The van der Waals surface area contributed by atoms with Gasteiger partial charge in [-0.3, -0.25) is 14.7 Å². The Morgan fingerprint density at radius 3 is 2.78 bits per heavy atom. The lowest BCUT2D eigenvalue weighted by Gasteiger charge is -2.23. The van der Waals surface area contributed by atoms with Gasteiger partial charge in [0.2, 0.25) is 5.91 Å². The van der Waals surface area contributed by atoms with Gasteiger partial charge in [0, 0.05) is 24.9 Å². The molecule has 6 heteroatoms. The van der Waals surface area contributed by atoms with Gasteiger partial charge in [0.15, 0.2) is 5.82 Å². The van der Waals surface area contributed by atoms with Crippen LogP contribution in [0, 0.1) is 0 Å². The van der Waals surface area contributed by atoms with Gasteiger partial charge in [-0.1, -0.05) is 42.0 Å². The second-order valence-electron chi connectivity index (χ2n) is 5.54. The topological polar surface area (TPSA) is 86.9 Å². The van der Waals surface area contributed by atoms with E-state index in [1.54, 1.807) is 7.05 Å². The van der Waals surface area contributed by atoms with Gasteiger partial charge in [0.05, 0.1) is 0 Å². The van der Waals surface area contributed by atoms with Crippen molar-refractivity contribution in [2.24, 2.45) is 0 Å².